The van der Waals surface area contributed by atoms with E-state index >= 15 is 0 Å². The van der Waals surface area contributed by atoms with Gasteiger partial charge in [-0.15, -0.1) is 0 Å². The second kappa shape index (κ2) is 6.56. The first-order chi connectivity index (χ1) is 9.35. The fourth-order valence-corrected chi connectivity index (χ4v) is 6.87. The number of hydrogen-bond acceptors (Lipinski definition) is 4. The van der Waals surface area contributed by atoms with Crippen LogP contribution in [0.15, 0.2) is 26.0 Å². The Labute approximate surface area is 140 Å². The zero-order chi connectivity index (χ0) is 14.9. The molecule has 20 heavy (non-hydrogen) atoms. The molecule has 0 saturated heterocycles. The van der Waals surface area contributed by atoms with Crippen LogP contribution in [0.5, 0.6) is 0 Å². The van der Waals surface area contributed by atoms with Crippen LogP contribution in [0.4, 0.5) is 5.69 Å². The molecule has 8 heteroatoms. The molecule has 3 N–H and O–H groups in total. The summed E-state index contributed by atoms with van der Waals surface area (Å²) < 4.78 is 29.1. The van der Waals surface area contributed by atoms with Crippen LogP contribution in [0.2, 0.25) is 0 Å². The molecular weight excluding hydrogens is 428 g/mol. The molecule has 0 aromatic heterocycles. The average Bonchev–Trinajstić information content (AvgIpc) is 2.73. The summed E-state index contributed by atoms with van der Waals surface area (Å²) in [6.45, 7) is 0. The van der Waals surface area contributed by atoms with Crippen molar-refractivity contribution in [1.29, 1.82) is 0 Å². The van der Waals surface area contributed by atoms with Crippen LogP contribution in [-0.2, 0) is 10.0 Å². The van der Waals surface area contributed by atoms with Crippen molar-refractivity contribution in [2.75, 3.05) is 12.0 Å². The van der Waals surface area contributed by atoms with Gasteiger partial charge in [-0.1, -0.05) is 22.4 Å². The van der Waals surface area contributed by atoms with Crippen molar-refractivity contribution in [2.45, 2.75) is 35.4 Å². The Morgan fingerprint density at radius 1 is 1.35 bits per heavy atom. The van der Waals surface area contributed by atoms with Gasteiger partial charge in [0.25, 0.3) is 0 Å². The lowest BCUT2D eigenvalue weighted by Gasteiger charge is -2.20. The summed E-state index contributed by atoms with van der Waals surface area (Å²) in [7, 11) is -3.62. The van der Waals surface area contributed by atoms with Crippen molar-refractivity contribution >= 4 is 59.3 Å². The lowest BCUT2D eigenvalue weighted by molar-refractivity contribution is 0.555. The quantitative estimate of drug-likeness (QED) is 0.699. The molecule has 2 atom stereocenters. The van der Waals surface area contributed by atoms with Gasteiger partial charge in [-0.2, -0.15) is 11.8 Å². The summed E-state index contributed by atoms with van der Waals surface area (Å²) in [6.07, 6.45) is 4.99. The van der Waals surface area contributed by atoms with Gasteiger partial charge in [0.15, 0.2) is 0 Å². The number of halogens is 2. The third kappa shape index (κ3) is 3.52. The number of nitrogens with one attached hydrogen (secondary N) is 1. The molecule has 0 radical (unpaired) electrons. The highest BCUT2D eigenvalue weighted by Crippen LogP contribution is 2.34. The van der Waals surface area contributed by atoms with Crippen LogP contribution >= 0.6 is 43.6 Å². The summed E-state index contributed by atoms with van der Waals surface area (Å²) >= 11 is 8.29. The van der Waals surface area contributed by atoms with Gasteiger partial charge in [0.1, 0.15) is 4.90 Å². The monoisotopic (exact) mass is 442 g/mol. The van der Waals surface area contributed by atoms with Crippen molar-refractivity contribution in [2.24, 2.45) is 0 Å². The molecule has 0 heterocycles. The van der Waals surface area contributed by atoms with Crippen LogP contribution in [0.1, 0.15) is 19.3 Å². The Balaban J connectivity index is 2.32. The highest BCUT2D eigenvalue weighted by Gasteiger charge is 2.32. The van der Waals surface area contributed by atoms with Gasteiger partial charge in [0, 0.05) is 20.2 Å². The van der Waals surface area contributed by atoms with Gasteiger partial charge >= 0.3 is 0 Å². The lowest BCUT2D eigenvalue weighted by atomic mass is 10.3. The van der Waals surface area contributed by atoms with E-state index in [0.29, 0.717) is 9.72 Å². The van der Waals surface area contributed by atoms with E-state index in [4.69, 9.17) is 5.73 Å². The summed E-state index contributed by atoms with van der Waals surface area (Å²) in [5.41, 5.74) is 6.10. The third-order valence-electron chi connectivity index (χ3n) is 3.37. The van der Waals surface area contributed by atoms with Gasteiger partial charge in [0.2, 0.25) is 10.0 Å². The van der Waals surface area contributed by atoms with Crippen molar-refractivity contribution < 1.29 is 8.42 Å². The number of rotatable bonds is 4. The van der Waals surface area contributed by atoms with E-state index in [0.717, 1.165) is 23.7 Å². The molecule has 1 aromatic rings. The minimum Gasteiger partial charge on any atom is -0.398 e. The molecule has 4 nitrogen and oxygen atoms in total. The number of anilines is 1. The summed E-state index contributed by atoms with van der Waals surface area (Å²) in [5.74, 6) is 0. The molecule has 0 spiro atoms. The Bertz CT molecular complexity index is 584. The van der Waals surface area contributed by atoms with Crippen molar-refractivity contribution in [1.82, 2.24) is 4.72 Å². The first-order valence-electron chi connectivity index (χ1n) is 6.15. The number of nitrogen functional groups attached to an aromatic ring is 1. The van der Waals surface area contributed by atoms with E-state index in [2.05, 4.69) is 36.6 Å². The normalized spacial score (nSPS) is 23.1. The van der Waals surface area contributed by atoms with Crippen molar-refractivity contribution in [3.63, 3.8) is 0 Å². The third-order valence-corrected chi connectivity index (χ3v) is 7.49. The first-order valence-corrected chi connectivity index (χ1v) is 10.5. The van der Waals surface area contributed by atoms with E-state index in [1.165, 1.54) is 0 Å². The molecule has 1 fully saturated rings. The molecule has 0 bridgehead atoms. The van der Waals surface area contributed by atoms with Gasteiger partial charge in [-0.25, -0.2) is 13.1 Å². The first kappa shape index (κ1) is 16.6. The Morgan fingerprint density at radius 2 is 2.05 bits per heavy atom. The maximum absolute atomic E-state index is 12.6. The number of sulfonamides is 1. The smallest absolute Gasteiger partial charge is 0.244 e. The molecule has 2 unspecified atom stereocenters. The standard InChI is InChI=1S/C12H16Br2N2O2S2/c1-19-11-4-2-3-10(11)16-20(17,18)12-8(14)5-7(13)6-9(12)15/h5-6,10-11,16H,2-4,15H2,1H3. The fourth-order valence-electron chi connectivity index (χ4n) is 2.46. The molecule has 1 aromatic carbocycles. The molecule has 1 aliphatic carbocycles. The van der Waals surface area contributed by atoms with E-state index in [1.54, 1.807) is 23.9 Å². The zero-order valence-electron chi connectivity index (χ0n) is 10.9. The highest BCUT2D eigenvalue weighted by atomic mass is 79.9. The highest BCUT2D eigenvalue weighted by molar-refractivity contribution is 9.11. The van der Waals surface area contributed by atoms with Crippen molar-refractivity contribution in [3.8, 4) is 0 Å². The number of hydrogen-bond donors (Lipinski definition) is 2. The zero-order valence-corrected chi connectivity index (χ0v) is 15.7. The van der Waals surface area contributed by atoms with E-state index in [9.17, 15) is 8.42 Å². The maximum atomic E-state index is 12.6. The largest absolute Gasteiger partial charge is 0.398 e. The van der Waals surface area contributed by atoms with E-state index in [1.807, 2.05) is 6.26 Å². The maximum Gasteiger partial charge on any atom is 0.244 e. The predicted molar refractivity (Wildman–Crippen MR) is 91.5 cm³/mol. The Hall–Kier alpha value is 0.240. The fraction of sp³-hybridized carbons (Fsp3) is 0.500. The molecule has 1 saturated carbocycles. The van der Waals surface area contributed by atoms with Gasteiger partial charge in [-0.3, -0.25) is 0 Å². The van der Waals surface area contributed by atoms with Gasteiger partial charge in [-0.05, 0) is 47.2 Å². The van der Waals surface area contributed by atoms with Crippen LogP contribution in [0.3, 0.4) is 0 Å². The predicted octanol–water partition coefficient (Wildman–Crippen LogP) is 3.36. The van der Waals surface area contributed by atoms with Crippen LogP contribution in [-0.4, -0.2) is 26.0 Å². The number of thioether (sulfide) groups is 1. The summed E-state index contributed by atoms with van der Waals surface area (Å²) in [4.78, 5) is 0.118. The van der Waals surface area contributed by atoms with E-state index in [-0.39, 0.29) is 16.6 Å². The molecule has 0 aliphatic heterocycles. The second-order valence-corrected chi connectivity index (χ2v) is 9.24. The molecule has 1 aliphatic rings. The van der Waals surface area contributed by atoms with Crippen LogP contribution in [0.25, 0.3) is 0 Å². The van der Waals surface area contributed by atoms with Gasteiger partial charge < -0.3 is 5.73 Å². The second-order valence-electron chi connectivity index (χ2n) is 4.74. The molecular formula is C12H16Br2N2O2S2. The Morgan fingerprint density at radius 3 is 2.65 bits per heavy atom. The summed E-state index contributed by atoms with van der Waals surface area (Å²) in [5, 5.41) is 0.334. The summed E-state index contributed by atoms with van der Waals surface area (Å²) in [6, 6.07) is 3.26. The topological polar surface area (TPSA) is 72.2 Å². The Kier molecular flexibility index (Phi) is 5.45. The van der Waals surface area contributed by atoms with Crippen LogP contribution < -0.4 is 10.5 Å². The minimum absolute atomic E-state index is 0.0232. The number of nitrogens with two attached hydrogens (primary N) is 1. The molecule has 2 rings (SSSR count). The van der Waals surface area contributed by atoms with E-state index < -0.39 is 10.0 Å². The molecule has 0 amide bonds. The van der Waals surface area contributed by atoms with Gasteiger partial charge in [0.05, 0.1) is 5.69 Å². The van der Waals surface area contributed by atoms with Crippen LogP contribution in [0, 0.1) is 0 Å². The molecule has 112 valence electrons. The lowest BCUT2D eigenvalue weighted by Crippen LogP contribution is -2.39. The SMILES string of the molecule is CSC1CCCC1NS(=O)(=O)c1c(N)cc(Br)cc1Br. The van der Waals surface area contributed by atoms with Crippen molar-refractivity contribution in [3.05, 3.63) is 21.1 Å². The minimum atomic E-state index is -3.62. The average molecular weight is 444 g/mol. The number of benzene rings is 1.